The van der Waals surface area contributed by atoms with Gasteiger partial charge in [0.15, 0.2) is 11.9 Å². The maximum absolute atomic E-state index is 12.1. The summed E-state index contributed by atoms with van der Waals surface area (Å²) in [6.45, 7) is 6.09. The van der Waals surface area contributed by atoms with Crippen LogP contribution in [0.2, 0.25) is 0 Å². The second-order valence-corrected chi connectivity index (χ2v) is 8.56. The zero-order chi connectivity index (χ0) is 32.4. The number of carbonyl (C=O) groups is 2. The first-order valence-electron chi connectivity index (χ1n) is 14.3. The number of ether oxygens (including phenoxy) is 8. The van der Waals surface area contributed by atoms with Crippen molar-refractivity contribution >= 4 is 11.7 Å². The number of aliphatic hydroxyl groups is 2. The average molecular weight is 638 g/mol. The van der Waals surface area contributed by atoms with Crippen LogP contribution in [-0.4, -0.2) is 159 Å². The van der Waals surface area contributed by atoms with Gasteiger partial charge in [-0.05, 0) is 17.5 Å². The van der Waals surface area contributed by atoms with E-state index >= 15 is 0 Å². The van der Waals surface area contributed by atoms with Gasteiger partial charge in [0.05, 0.1) is 99.1 Å². The van der Waals surface area contributed by atoms with Crippen molar-refractivity contribution < 1.29 is 57.7 Å². The monoisotopic (exact) mass is 637 g/mol. The maximum atomic E-state index is 12.1. The van der Waals surface area contributed by atoms with E-state index in [4.69, 9.17) is 49.0 Å². The molecule has 19 heteroatoms. The number of amides is 1. The SMILES string of the molecule is [N-]=[N+]=NCCOCCOCCOCCOCCCC(=O)[C@H](O)[C@@H](O)C(=O)NCCOCCOCCOCCOCCN=[N+]=[N-]. The summed E-state index contributed by atoms with van der Waals surface area (Å²) in [5.74, 6) is -1.54. The summed E-state index contributed by atoms with van der Waals surface area (Å²) in [5.41, 5.74) is 16.3. The van der Waals surface area contributed by atoms with Gasteiger partial charge in [-0.3, -0.25) is 9.59 Å². The summed E-state index contributed by atoms with van der Waals surface area (Å²) in [6.07, 6.45) is -3.48. The number of carbonyl (C=O) groups excluding carboxylic acids is 2. The first-order valence-corrected chi connectivity index (χ1v) is 14.3. The van der Waals surface area contributed by atoms with Crippen LogP contribution in [0.1, 0.15) is 12.8 Å². The number of rotatable bonds is 34. The smallest absolute Gasteiger partial charge is 0.252 e. The number of ketones is 1. The zero-order valence-electron chi connectivity index (χ0n) is 25.2. The molecular weight excluding hydrogens is 590 g/mol. The third-order valence-electron chi connectivity index (χ3n) is 5.18. The molecule has 0 saturated carbocycles. The second-order valence-electron chi connectivity index (χ2n) is 8.56. The fourth-order valence-electron chi connectivity index (χ4n) is 2.99. The van der Waals surface area contributed by atoms with Gasteiger partial charge in [-0.25, -0.2) is 0 Å². The number of Topliss-reactive ketones (excluding diaryl/α,β-unsaturated/α-hetero) is 1. The van der Waals surface area contributed by atoms with Crippen molar-refractivity contribution in [1.29, 1.82) is 0 Å². The molecule has 3 N–H and O–H groups in total. The highest BCUT2D eigenvalue weighted by atomic mass is 16.6. The van der Waals surface area contributed by atoms with Gasteiger partial charge in [0.1, 0.15) is 6.10 Å². The standard InChI is InChI=1S/C25H47N7O12/c26-31-29-4-8-39-12-16-43-19-18-41-14-10-37-6-1-2-22(33)23(34)24(35)25(36)28-3-7-38-11-15-42-20-21-44-17-13-40-9-5-30-32-27/h23-24,34-35H,1-21H2,(H,28,36)/t23-,24+/m0/s1. The highest BCUT2D eigenvalue weighted by molar-refractivity contribution is 5.91. The van der Waals surface area contributed by atoms with Crippen molar-refractivity contribution in [2.75, 3.05) is 125 Å². The Morgan fingerprint density at radius 1 is 0.568 bits per heavy atom. The molecular formula is C25H47N7O12. The Morgan fingerprint density at radius 2 is 0.932 bits per heavy atom. The average Bonchev–Trinajstić information content (AvgIpc) is 3.03. The molecule has 0 aromatic carbocycles. The fourth-order valence-corrected chi connectivity index (χ4v) is 2.99. The fraction of sp³-hybridized carbons (Fsp3) is 0.920. The quantitative estimate of drug-likeness (QED) is 0.0362. The van der Waals surface area contributed by atoms with E-state index in [1.807, 2.05) is 0 Å². The largest absolute Gasteiger partial charge is 0.382 e. The van der Waals surface area contributed by atoms with E-state index in [2.05, 4.69) is 25.4 Å². The molecule has 2 atom stereocenters. The zero-order valence-corrected chi connectivity index (χ0v) is 25.2. The van der Waals surface area contributed by atoms with Crippen molar-refractivity contribution in [3.63, 3.8) is 0 Å². The van der Waals surface area contributed by atoms with Crippen molar-refractivity contribution in [3.8, 4) is 0 Å². The highest BCUT2D eigenvalue weighted by Gasteiger charge is 2.29. The van der Waals surface area contributed by atoms with Crippen LogP contribution in [0.25, 0.3) is 20.9 Å². The molecule has 0 fully saturated rings. The third-order valence-corrected chi connectivity index (χ3v) is 5.18. The summed E-state index contributed by atoms with van der Waals surface area (Å²) in [7, 11) is 0. The van der Waals surface area contributed by atoms with Crippen molar-refractivity contribution in [3.05, 3.63) is 20.9 Å². The Hall–Kier alpha value is -2.64. The summed E-state index contributed by atoms with van der Waals surface area (Å²) < 4.78 is 42.3. The molecule has 0 aliphatic rings. The molecule has 0 aliphatic carbocycles. The van der Waals surface area contributed by atoms with Gasteiger partial charge in [-0.2, -0.15) is 0 Å². The van der Waals surface area contributed by atoms with Gasteiger partial charge in [0, 0.05) is 42.5 Å². The minimum Gasteiger partial charge on any atom is -0.382 e. The predicted molar refractivity (Wildman–Crippen MR) is 154 cm³/mol. The normalized spacial score (nSPS) is 12.2. The van der Waals surface area contributed by atoms with Crippen molar-refractivity contribution in [2.24, 2.45) is 10.2 Å². The number of nitrogens with zero attached hydrogens (tertiary/aromatic N) is 6. The van der Waals surface area contributed by atoms with Crippen molar-refractivity contribution in [2.45, 2.75) is 25.0 Å². The lowest BCUT2D eigenvalue weighted by atomic mass is 10.1. The Balaban J connectivity index is 3.54. The van der Waals surface area contributed by atoms with Crippen molar-refractivity contribution in [1.82, 2.24) is 5.32 Å². The van der Waals surface area contributed by atoms with E-state index in [0.717, 1.165) is 0 Å². The first-order chi connectivity index (χ1) is 21.5. The molecule has 0 bridgehead atoms. The van der Waals surface area contributed by atoms with Crippen LogP contribution in [0.15, 0.2) is 10.2 Å². The third kappa shape index (κ3) is 28.1. The minimum absolute atomic E-state index is 0.0636. The van der Waals surface area contributed by atoms with Crippen LogP contribution in [0.4, 0.5) is 0 Å². The van der Waals surface area contributed by atoms with E-state index in [-0.39, 0.29) is 45.9 Å². The molecule has 0 aromatic rings. The first kappa shape index (κ1) is 41.4. The molecule has 0 spiro atoms. The number of hydrogen-bond donors (Lipinski definition) is 3. The highest BCUT2D eigenvalue weighted by Crippen LogP contribution is 2.02. The van der Waals surface area contributed by atoms with Gasteiger partial charge < -0.3 is 53.4 Å². The minimum atomic E-state index is -1.89. The van der Waals surface area contributed by atoms with Crippen LogP contribution in [-0.2, 0) is 47.5 Å². The summed E-state index contributed by atoms with van der Waals surface area (Å²) >= 11 is 0. The van der Waals surface area contributed by atoms with E-state index in [0.29, 0.717) is 92.3 Å². The van der Waals surface area contributed by atoms with Gasteiger partial charge >= 0.3 is 0 Å². The van der Waals surface area contributed by atoms with Crippen LogP contribution >= 0.6 is 0 Å². The maximum Gasteiger partial charge on any atom is 0.252 e. The lowest BCUT2D eigenvalue weighted by Gasteiger charge is -2.16. The molecule has 254 valence electrons. The summed E-state index contributed by atoms with van der Waals surface area (Å²) in [4.78, 5) is 29.3. The summed E-state index contributed by atoms with van der Waals surface area (Å²) in [6, 6.07) is 0. The molecule has 0 saturated heterocycles. The van der Waals surface area contributed by atoms with Crippen LogP contribution in [0, 0.1) is 0 Å². The number of hydrogen-bond acceptors (Lipinski definition) is 14. The summed E-state index contributed by atoms with van der Waals surface area (Å²) in [5, 5.41) is 29.0. The van der Waals surface area contributed by atoms with Gasteiger partial charge in [-0.1, -0.05) is 10.2 Å². The molecule has 0 unspecified atom stereocenters. The van der Waals surface area contributed by atoms with E-state index < -0.39 is 23.9 Å². The van der Waals surface area contributed by atoms with Crippen LogP contribution in [0.3, 0.4) is 0 Å². The molecule has 0 aromatic heterocycles. The molecule has 0 radical (unpaired) electrons. The Kier molecular flexibility index (Phi) is 31.3. The van der Waals surface area contributed by atoms with Crippen LogP contribution in [0.5, 0.6) is 0 Å². The topological polar surface area (TPSA) is 258 Å². The lowest BCUT2D eigenvalue weighted by Crippen LogP contribution is -2.46. The predicted octanol–water partition coefficient (Wildman–Crippen LogP) is -0.0729. The molecule has 19 nitrogen and oxygen atoms in total. The second kappa shape index (κ2) is 33.3. The molecule has 0 aliphatic heterocycles. The number of nitrogens with one attached hydrogen (secondary N) is 1. The number of azide groups is 2. The lowest BCUT2D eigenvalue weighted by molar-refractivity contribution is -0.145. The molecule has 44 heavy (non-hydrogen) atoms. The molecule has 0 heterocycles. The van der Waals surface area contributed by atoms with E-state index in [1.165, 1.54) is 0 Å². The van der Waals surface area contributed by atoms with Gasteiger partial charge in [-0.15, -0.1) is 0 Å². The Morgan fingerprint density at radius 3 is 1.34 bits per heavy atom. The molecule has 0 rings (SSSR count). The van der Waals surface area contributed by atoms with Gasteiger partial charge in [0.2, 0.25) is 0 Å². The Bertz CT molecular complexity index is 737. The van der Waals surface area contributed by atoms with Gasteiger partial charge in [0.25, 0.3) is 5.91 Å². The van der Waals surface area contributed by atoms with E-state index in [9.17, 15) is 19.8 Å². The van der Waals surface area contributed by atoms with E-state index in [1.54, 1.807) is 0 Å². The number of aliphatic hydroxyl groups excluding tert-OH is 2. The Labute approximate surface area is 256 Å². The molecule has 1 amide bonds. The van der Waals surface area contributed by atoms with Crippen LogP contribution < -0.4 is 5.32 Å².